The van der Waals surface area contributed by atoms with Gasteiger partial charge in [0, 0.05) is 27.0 Å². The van der Waals surface area contributed by atoms with Gasteiger partial charge in [0.25, 0.3) is 0 Å². The van der Waals surface area contributed by atoms with Crippen LogP contribution < -0.4 is 15.5 Å². The van der Waals surface area contributed by atoms with Crippen molar-refractivity contribution in [3.05, 3.63) is 47.7 Å². The molecule has 1 aliphatic rings. The average molecular weight is 446 g/mol. The van der Waals surface area contributed by atoms with Crippen molar-refractivity contribution >= 4 is 28.6 Å². The predicted octanol–water partition coefficient (Wildman–Crippen LogP) is 5.26. The Labute approximate surface area is 189 Å². The Hall–Kier alpha value is -3.20. The van der Waals surface area contributed by atoms with Crippen molar-refractivity contribution in [2.45, 2.75) is 39.7 Å². The molecular weight excluding hydrogens is 413 g/mol. The highest BCUT2D eigenvalue weighted by atomic mass is 19.1. The molecule has 0 saturated carbocycles. The van der Waals surface area contributed by atoms with E-state index < -0.39 is 6.03 Å². The third-order valence-corrected chi connectivity index (χ3v) is 5.56. The van der Waals surface area contributed by atoms with Crippen LogP contribution in [0, 0.1) is 18.7 Å². The van der Waals surface area contributed by atoms with Gasteiger partial charge in [-0.1, -0.05) is 13.8 Å². The fourth-order valence-electron chi connectivity index (χ4n) is 3.80. The van der Waals surface area contributed by atoms with Crippen LogP contribution in [0.15, 0.2) is 35.0 Å². The van der Waals surface area contributed by atoms with Crippen molar-refractivity contribution < 1.29 is 21.2 Å². The number of benzene rings is 1. The number of urea groups is 1. The van der Waals surface area contributed by atoms with E-state index in [1.54, 1.807) is 18.5 Å². The minimum atomic E-state index is -0.399. The molecular formula is C23H32FN5O3. The molecule has 2 N–H and O–H groups in total. The summed E-state index contributed by atoms with van der Waals surface area (Å²) in [6.07, 6.45) is 5.20. The standard InChI is InChI=1S/C23H28FN5O3.2H2/c1-14(2)20(21-15(3)18-10-16(24)6-7-19(18)32-21)28-23(30)27-17-11-25-22(26-12-17)29-8-4-5-9-31-13-29;;/h6-7,10-12,14,20H,4-5,8-9,13H2,1-3H3,(H2,27,28,30);2*1H/t20-;;/m0../s1. The summed E-state index contributed by atoms with van der Waals surface area (Å²) in [5.74, 6) is 0.910. The first-order valence-corrected chi connectivity index (χ1v) is 10.8. The van der Waals surface area contributed by atoms with Crippen molar-refractivity contribution in [1.82, 2.24) is 15.3 Å². The van der Waals surface area contributed by atoms with E-state index in [0.29, 0.717) is 35.1 Å². The molecule has 0 radical (unpaired) electrons. The van der Waals surface area contributed by atoms with Crippen molar-refractivity contribution in [3.8, 4) is 0 Å². The van der Waals surface area contributed by atoms with E-state index in [1.807, 2.05) is 25.7 Å². The van der Waals surface area contributed by atoms with Crippen LogP contribution in [0.1, 0.15) is 46.9 Å². The third kappa shape index (κ3) is 4.83. The summed E-state index contributed by atoms with van der Waals surface area (Å²) in [5.41, 5.74) is 1.88. The summed E-state index contributed by atoms with van der Waals surface area (Å²) in [4.78, 5) is 23.4. The third-order valence-electron chi connectivity index (χ3n) is 5.56. The lowest BCUT2D eigenvalue weighted by Crippen LogP contribution is -2.35. The zero-order chi connectivity index (χ0) is 22.7. The number of nitrogens with one attached hydrogen (secondary N) is 2. The first-order chi connectivity index (χ1) is 15.4. The first-order valence-electron chi connectivity index (χ1n) is 10.8. The van der Waals surface area contributed by atoms with E-state index >= 15 is 0 Å². The zero-order valence-electron chi connectivity index (χ0n) is 18.5. The Bertz CT molecular complexity index is 1090. The summed E-state index contributed by atoms with van der Waals surface area (Å²) in [7, 11) is 0. The summed E-state index contributed by atoms with van der Waals surface area (Å²) < 4.78 is 25.2. The van der Waals surface area contributed by atoms with Gasteiger partial charge in [0.2, 0.25) is 5.95 Å². The molecule has 8 nitrogen and oxygen atoms in total. The Morgan fingerprint density at radius 2 is 2.03 bits per heavy atom. The van der Waals surface area contributed by atoms with E-state index in [9.17, 15) is 9.18 Å². The molecule has 4 rings (SSSR count). The number of nitrogens with zero attached hydrogens (tertiary/aromatic N) is 3. The van der Waals surface area contributed by atoms with Crippen LogP contribution in [-0.4, -0.2) is 35.9 Å². The van der Waals surface area contributed by atoms with Gasteiger partial charge in [-0.25, -0.2) is 19.2 Å². The number of ether oxygens (including phenoxy) is 1. The van der Waals surface area contributed by atoms with Gasteiger partial charge in [-0.05, 0) is 43.9 Å². The number of halogens is 1. The van der Waals surface area contributed by atoms with Gasteiger partial charge in [0.15, 0.2) is 0 Å². The van der Waals surface area contributed by atoms with Crippen LogP contribution in [-0.2, 0) is 4.74 Å². The van der Waals surface area contributed by atoms with Crippen LogP contribution in [0.2, 0.25) is 0 Å². The van der Waals surface area contributed by atoms with Gasteiger partial charge in [0.05, 0.1) is 24.1 Å². The lowest BCUT2D eigenvalue weighted by atomic mass is 9.98. The number of aryl methyl sites for hydroxylation is 1. The zero-order valence-corrected chi connectivity index (χ0v) is 18.5. The highest BCUT2D eigenvalue weighted by Gasteiger charge is 2.25. The number of carbonyl (C=O) groups excluding carboxylic acids is 1. The molecule has 1 aliphatic heterocycles. The SMILES string of the molecule is Cc1c([C@@H](NC(=O)Nc2cnc(N3CCCCOC3)nc2)C(C)C)oc2ccc(F)cc12.[HH].[HH]. The maximum atomic E-state index is 13.7. The molecule has 0 unspecified atom stereocenters. The number of amides is 2. The molecule has 0 bridgehead atoms. The lowest BCUT2D eigenvalue weighted by molar-refractivity contribution is 0.145. The van der Waals surface area contributed by atoms with E-state index in [-0.39, 0.29) is 20.6 Å². The Kier molecular flexibility index (Phi) is 6.55. The van der Waals surface area contributed by atoms with Crippen molar-refractivity contribution in [2.75, 3.05) is 30.1 Å². The van der Waals surface area contributed by atoms with Gasteiger partial charge >= 0.3 is 6.03 Å². The largest absolute Gasteiger partial charge is 0.459 e. The van der Waals surface area contributed by atoms with E-state index in [0.717, 1.165) is 31.6 Å². The fraction of sp³-hybridized carbons (Fsp3) is 0.435. The van der Waals surface area contributed by atoms with Crippen LogP contribution in [0.4, 0.5) is 20.8 Å². The van der Waals surface area contributed by atoms with Gasteiger partial charge in [-0.2, -0.15) is 0 Å². The van der Waals surface area contributed by atoms with Gasteiger partial charge in [0.1, 0.15) is 23.9 Å². The summed E-state index contributed by atoms with van der Waals surface area (Å²) in [5, 5.41) is 6.44. The quantitative estimate of drug-likeness (QED) is 0.557. The second-order valence-corrected chi connectivity index (χ2v) is 8.33. The molecule has 3 heterocycles. The number of hydrogen-bond donors (Lipinski definition) is 2. The van der Waals surface area contributed by atoms with Crippen LogP contribution >= 0.6 is 0 Å². The summed E-state index contributed by atoms with van der Waals surface area (Å²) in [6, 6.07) is 3.63. The van der Waals surface area contributed by atoms with Crippen LogP contribution in [0.25, 0.3) is 11.0 Å². The highest BCUT2D eigenvalue weighted by molar-refractivity contribution is 5.89. The molecule has 0 aliphatic carbocycles. The maximum absolute atomic E-state index is 13.7. The minimum absolute atomic E-state index is 0. The molecule has 3 aromatic rings. The number of furan rings is 1. The molecule has 0 spiro atoms. The molecule has 1 aromatic carbocycles. The van der Waals surface area contributed by atoms with Gasteiger partial charge in [-0.15, -0.1) is 0 Å². The smallest absolute Gasteiger partial charge is 0.319 e. The first kappa shape index (κ1) is 22.0. The monoisotopic (exact) mass is 445 g/mol. The second-order valence-electron chi connectivity index (χ2n) is 8.33. The summed E-state index contributed by atoms with van der Waals surface area (Å²) >= 11 is 0. The second kappa shape index (κ2) is 9.52. The molecule has 32 heavy (non-hydrogen) atoms. The van der Waals surface area contributed by atoms with Crippen LogP contribution in [0.5, 0.6) is 0 Å². The fourth-order valence-corrected chi connectivity index (χ4v) is 3.80. The molecule has 174 valence electrons. The Morgan fingerprint density at radius 3 is 2.78 bits per heavy atom. The van der Waals surface area contributed by atoms with E-state index in [2.05, 4.69) is 20.6 Å². The number of hydrogen-bond acceptors (Lipinski definition) is 6. The van der Waals surface area contributed by atoms with E-state index in [4.69, 9.17) is 9.15 Å². The number of fused-ring (bicyclic) bond motifs is 1. The van der Waals surface area contributed by atoms with Crippen molar-refractivity contribution in [3.63, 3.8) is 0 Å². The number of aromatic nitrogens is 2. The molecule has 2 amide bonds. The Balaban J connectivity index is 0.00000204. The van der Waals surface area contributed by atoms with Crippen molar-refractivity contribution in [2.24, 2.45) is 5.92 Å². The number of anilines is 2. The summed E-state index contributed by atoms with van der Waals surface area (Å²) in [6.45, 7) is 7.88. The van der Waals surface area contributed by atoms with Gasteiger partial charge in [-0.3, -0.25) is 0 Å². The van der Waals surface area contributed by atoms with Gasteiger partial charge < -0.3 is 24.7 Å². The molecule has 1 fully saturated rings. The Morgan fingerprint density at radius 1 is 1.25 bits per heavy atom. The predicted molar refractivity (Wildman–Crippen MR) is 124 cm³/mol. The molecule has 1 atom stereocenters. The average Bonchev–Trinajstić information content (AvgIpc) is 2.94. The van der Waals surface area contributed by atoms with Crippen LogP contribution in [0.3, 0.4) is 0 Å². The molecule has 2 aromatic heterocycles. The van der Waals surface area contributed by atoms with E-state index in [1.165, 1.54) is 12.1 Å². The number of rotatable bonds is 5. The molecule has 9 heteroatoms. The lowest BCUT2D eigenvalue weighted by Gasteiger charge is -2.22. The maximum Gasteiger partial charge on any atom is 0.319 e. The minimum Gasteiger partial charge on any atom is -0.459 e. The van der Waals surface area contributed by atoms with Crippen molar-refractivity contribution in [1.29, 1.82) is 0 Å². The molecule has 1 saturated heterocycles. The normalized spacial score (nSPS) is 15.6. The highest BCUT2D eigenvalue weighted by Crippen LogP contribution is 2.33. The number of carbonyl (C=O) groups is 1. The topological polar surface area (TPSA) is 92.5 Å².